The molecule has 0 unspecified atom stereocenters. The first kappa shape index (κ1) is 17.2. The summed E-state index contributed by atoms with van der Waals surface area (Å²) < 4.78 is 5.86. The lowest BCUT2D eigenvalue weighted by Gasteiger charge is -2.32. The Hall–Kier alpha value is -0.120. The highest BCUT2D eigenvalue weighted by Gasteiger charge is 2.18. The molecule has 0 atom stereocenters. The Bertz CT molecular complexity index is 230. The zero-order valence-corrected chi connectivity index (χ0v) is 14.4. The molecule has 3 heteroatoms. The monoisotopic (exact) mass is 296 g/mol. The van der Waals surface area contributed by atoms with Crippen molar-refractivity contribution in [2.45, 2.75) is 52.4 Å². The predicted octanol–water partition coefficient (Wildman–Crippen LogP) is 3.25. The van der Waals surface area contributed by atoms with Crippen molar-refractivity contribution in [3.05, 3.63) is 0 Å². The highest BCUT2D eigenvalue weighted by Crippen LogP contribution is 2.20. The maximum absolute atomic E-state index is 5.86. The Morgan fingerprint density at radius 3 is 1.43 bits per heavy atom. The van der Waals surface area contributed by atoms with Gasteiger partial charge in [-0.15, -0.1) is 0 Å². The summed E-state index contributed by atoms with van der Waals surface area (Å²) in [5.74, 6) is 1.96. The van der Waals surface area contributed by atoms with Gasteiger partial charge in [0.05, 0.1) is 13.2 Å². The Kier molecular flexibility index (Phi) is 8.05. The van der Waals surface area contributed by atoms with E-state index in [4.69, 9.17) is 4.74 Å². The molecular weight excluding hydrogens is 260 g/mol. The van der Waals surface area contributed by atoms with Crippen LogP contribution in [-0.4, -0.2) is 62.3 Å². The topological polar surface area (TPSA) is 15.7 Å². The van der Waals surface area contributed by atoms with E-state index in [1.807, 2.05) is 0 Å². The van der Waals surface area contributed by atoms with Gasteiger partial charge >= 0.3 is 0 Å². The maximum Gasteiger partial charge on any atom is 0.0594 e. The first-order valence-electron chi connectivity index (χ1n) is 9.34. The molecule has 0 aromatic carbocycles. The minimum atomic E-state index is 0.919. The molecule has 0 spiro atoms. The molecule has 124 valence electrons. The standard InChI is InChI=1S/C18H36N2O/c1-3-17-5-9-19(10-6-17)13-15-21-16-14-20-11-7-18(4-2)8-12-20/h17-18H,3-16H2,1-2H3. The van der Waals surface area contributed by atoms with Crippen LogP contribution in [0.25, 0.3) is 0 Å². The molecule has 0 aliphatic carbocycles. The summed E-state index contributed by atoms with van der Waals surface area (Å²) in [6.07, 6.45) is 8.29. The molecule has 0 radical (unpaired) electrons. The van der Waals surface area contributed by atoms with Gasteiger partial charge < -0.3 is 14.5 Å². The number of rotatable bonds is 8. The van der Waals surface area contributed by atoms with Crippen LogP contribution >= 0.6 is 0 Å². The maximum atomic E-state index is 5.86. The van der Waals surface area contributed by atoms with Crippen molar-refractivity contribution >= 4 is 0 Å². The largest absolute Gasteiger partial charge is 0.379 e. The quantitative estimate of drug-likeness (QED) is 0.640. The van der Waals surface area contributed by atoms with Crippen molar-refractivity contribution in [2.24, 2.45) is 11.8 Å². The van der Waals surface area contributed by atoms with Gasteiger partial charge in [-0.25, -0.2) is 0 Å². The van der Waals surface area contributed by atoms with Gasteiger partial charge in [-0.05, 0) is 63.7 Å². The lowest BCUT2D eigenvalue weighted by molar-refractivity contribution is 0.0644. The van der Waals surface area contributed by atoms with E-state index in [0.29, 0.717) is 0 Å². The lowest BCUT2D eigenvalue weighted by Crippen LogP contribution is -2.37. The Labute approximate surface area is 132 Å². The fraction of sp³-hybridized carbons (Fsp3) is 1.00. The molecule has 0 aromatic rings. The minimum absolute atomic E-state index is 0.919. The van der Waals surface area contributed by atoms with E-state index in [2.05, 4.69) is 23.6 Å². The summed E-state index contributed by atoms with van der Waals surface area (Å²) in [4.78, 5) is 5.16. The summed E-state index contributed by atoms with van der Waals surface area (Å²) in [6, 6.07) is 0. The molecule has 2 fully saturated rings. The van der Waals surface area contributed by atoms with Crippen molar-refractivity contribution in [3.63, 3.8) is 0 Å². The summed E-state index contributed by atoms with van der Waals surface area (Å²) in [7, 11) is 0. The van der Waals surface area contributed by atoms with Gasteiger partial charge in [-0.3, -0.25) is 0 Å². The van der Waals surface area contributed by atoms with Crippen LogP contribution in [0.2, 0.25) is 0 Å². The highest BCUT2D eigenvalue weighted by atomic mass is 16.5. The van der Waals surface area contributed by atoms with Gasteiger partial charge in [-0.2, -0.15) is 0 Å². The van der Waals surface area contributed by atoms with Crippen molar-refractivity contribution < 1.29 is 4.74 Å². The van der Waals surface area contributed by atoms with E-state index in [1.54, 1.807) is 0 Å². The molecule has 21 heavy (non-hydrogen) atoms. The van der Waals surface area contributed by atoms with E-state index >= 15 is 0 Å². The predicted molar refractivity (Wildman–Crippen MR) is 89.7 cm³/mol. The number of piperidine rings is 2. The summed E-state index contributed by atoms with van der Waals surface area (Å²) in [6.45, 7) is 13.9. The third-order valence-corrected chi connectivity index (χ3v) is 5.67. The lowest BCUT2D eigenvalue weighted by atomic mass is 9.94. The van der Waals surface area contributed by atoms with Crippen LogP contribution < -0.4 is 0 Å². The second-order valence-electron chi connectivity index (χ2n) is 7.00. The fourth-order valence-electron chi connectivity index (χ4n) is 3.73. The molecule has 2 saturated heterocycles. The molecule has 0 amide bonds. The second-order valence-corrected chi connectivity index (χ2v) is 7.00. The van der Waals surface area contributed by atoms with E-state index < -0.39 is 0 Å². The molecule has 2 rings (SSSR count). The first-order valence-corrected chi connectivity index (χ1v) is 9.34. The Morgan fingerprint density at radius 1 is 0.714 bits per heavy atom. The van der Waals surface area contributed by atoms with Crippen LogP contribution in [0.1, 0.15) is 52.4 Å². The van der Waals surface area contributed by atoms with Crippen molar-refractivity contribution in [2.75, 3.05) is 52.5 Å². The van der Waals surface area contributed by atoms with Gasteiger partial charge in [0.2, 0.25) is 0 Å². The van der Waals surface area contributed by atoms with Crippen molar-refractivity contribution in [1.82, 2.24) is 9.80 Å². The molecule has 2 aliphatic rings. The summed E-state index contributed by atoms with van der Waals surface area (Å²) >= 11 is 0. The molecule has 0 aromatic heterocycles. The first-order chi connectivity index (χ1) is 10.3. The average molecular weight is 296 g/mol. The Morgan fingerprint density at radius 2 is 1.10 bits per heavy atom. The van der Waals surface area contributed by atoms with E-state index in [-0.39, 0.29) is 0 Å². The average Bonchev–Trinajstić information content (AvgIpc) is 2.55. The highest BCUT2D eigenvalue weighted by molar-refractivity contribution is 4.72. The van der Waals surface area contributed by atoms with Crippen LogP contribution in [0, 0.1) is 11.8 Å². The van der Waals surface area contributed by atoms with Gasteiger partial charge in [0.1, 0.15) is 0 Å². The number of likely N-dealkylation sites (tertiary alicyclic amines) is 2. The van der Waals surface area contributed by atoms with Crippen LogP contribution in [0.3, 0.4) is 0 Å². The fourth-order valence-corrected chi connectivity index (χ4v) is 3.73. The second kappa shape index (κ2) is 9.81. The SMILES string of the molecule is CCC1CCN(CCOCCN2CCC(CC)CC2)CC1. The third kappa shape index (κ3) is 6.25. The normalized spacial score (nSPS) is 23.7. The third-order valence-electron chi connectivity index (χ3n) is 5.67. The molecule has 2 aliphatic heterocycles. The van der Waals surface area contributed by atoms with Crippen LogP contribution in [-0.2, 0) is 4.74 Å². The molecule has 2 heterocycles. The molecule has 3 nitrogen and oxygen atoms in total. The van der Waals surface area contributed by atoms with Gasteiger partial charge in [0.15, 0.2) is 0 Å². The van der Waals surface area contributed by atoms with Crippen molar-refractivity contribution in [1.29, 1.82) is 0 Å². The molecular formula is C18H36N2O. The van der Waals surface area contributed by atoms with Gasteiger partial charge in [-0.1, -0.05) is 26.7 Å². The van der Waals surface area contributed by atoms with E-state index in [1.165, 1.54) is 64.7 Å². The van der Waals surface area contributed by atoms with Crippen LogP contribution in [0.4, 0.5) is 0 Å². The zero-order chi connectivity index (χ0) is 14.9. The van der Waals surface area contributed by atoms with Crippen LogP contribution in [0.15, 0.2) is 0 Å². The van der Waals surface area contributed by atoms with Gasteiger partial charge in [0, 0.05) is 13.1 Å². The summed E-state index contributed by atoms with van der Waals surface area (Å²) in [5.41, 5.74) is 0. The molecule has 0 N–H and O–H groups in total. The summed E-state index contributed by atoms with van der Waals surface area (Å²) in [5, 5.41) is 0. The smallest absolute Gasteiger partial charge is 0.0594 e. The van der Waals surface area contributed by atoms with E-state index in [0.717, 1.165) is 38.1 Å². The van der Waals surface area contributed by atoms with Crippen molar-refractivity contribution in [3.8, 4) is 0 Å². The zero-order valence-electron chi connectivity index (χ0n) is 14.4. The van der Waals surface area contributed by atoms with Crippen LogP contribution in [0.5, 0.6) is 0 Å². The van der Waals surface area contributed by atoms with Gasteiger partial charge in [0.25, 0.3) is 0 Å². The number of hydrogen-bond acceptors (Lipinski definition) is 3. The van der Waals surface area contributed by atoms with E-state index in [9.17, 15) is 0 Å². The molecule has 0 saturated carbocycles. The molecule has 0 bridgehead atoms. The number of ether oxygens (including phenoxy) is 1. The minimum Gasteiger partial charge on any atom is -0.379 e. The number of nitrogens with zero attached hydrogens (tertiary/aromatic N) is 2. The number of hydrogen-bond donors (Lipinski definition) is 0. The Balaban J connectivity index is 1.44.